The SMILES string of the molecule is CC(C)(C)OC(=O)N1CCC2(CCC(C#N)CC2)C1. The molecule has 0 atom stereocenters. The van der Waals surface area contributed by atoms with E-state index in [0.717, 1.165) is 45.2 Å². The van der Waals surface area contributed by atoms with Crippen LogP contribution in [0, 0.1) is 22.7 Å². The van der Waals surface area contributed by atoms with Crippen molar-refractivity contribution < 1.29 is 9.53 Å². The van der Waals surface area contributed by atoms with Gasteiger partial charge in [-0.2, -0.15) is 5.26 Å². The van der Waals surface area contributed by atoms with E-state index in [1.54, 1.807) is 0 Å². The Labute approximate surface area is 115 Å². The predicted octanol–water partition coefficient (Wildman–Crippen LogP) is 3.33. The molecule has 19 heavy (non-hydrogen) atoms. The van der Waals surface area contributed by atoms with Crippen molar-refractivity contribution in [2.75, 3.05) is 13.1 Å². The molecule has 0 unspecified atom stereocenters. The van der Waals surface area contributed by atoms with Crippen molar-refractivity contribution in [2.45, 2.75) is 58.5 Å². The minimum atomic E-state index is -0.425. The number of ether oxygens (including phenoxy) is 1. The Morgan fingerprint density at radius 2 is 1.95 bits per heavy atom. The fourth-order valence-electron chi connectivity index (χ4n) is 3.18. The molecule has 1 saturated heterocycles. The third kappa shape index (κ3) is 3.40. The number of hydrogen-bond donors (Lipinski definition) is 0. The van der Waals surface area contributed by atoms with Gasteiger partial charge >= 0.3 is 6.09 Å². The molecule has 0 radical (unpaired) electrons. The van der Waals surface area contributed by atoms with E-state index >= 15 is 0 Å². The van der Waals surface area contributed by atoms with Crippen molar-refractivity contribution >= 4 is 6.09 Å². The van der Waals surface area contributed by atoms with Gasteiger partial charge in [0.15, 0.2) is 0 Å². The van der Waals surface area contributed by atoms with Gasteiger partial charge < -0.3 is 9.64 Å². The number of rotatable bonds is 0. The van der Waals surface area contributed by atoms with Gasteiger partial charge in [-0.1, -0.05) is 0 Å². The van der Waals surface area contributed by atoms with Gasteiger partial charge in [0.2, 0.25) is 0 Å². The Balaban J connectivity index is 1.90. The zero-order chi connectivity index (χ0) is 14.1. The Hall–Kier alpha value is -1.24. The van der Waals surface area contributed by atoms with Crippen LogP contribution in [0.2, 0.25) is 0 Å². The molecule has 2 aliphatic rings. The molecular weight excluding hydrogens is 240 g/mol. The zero-order valence-corrected chi connectivity index (χ0v) is 12.2. The molecule has 0 bridgehead atoms. The molecule has 1 saturated carbocycles. The Morgan fingerprint density at radius 3 is 2.47 bits per heavy atom. The second-order valence-corrected chi connectivity index (χ2v) is 7.06. The van der Waals surface area contributed by atoms with Gasteiger partial charge in [-0.05, 0) is 58.3 Å². The summed E-state index contributed by atoms with van der Waals surface area (Å²) in [7, 11) is 0. The third-order valence-corrected chi connectivity index (χ3v) is 4.32. The highest BCUT2D eigenvalue weighted by molar-refractivity contribution is 5.68. The lowest BCUT2D eigenvalue weighted by Crippen LogP contribution is -2.37. The topological polar surface area (TPSA) is 53.3 Å². The van der Waals surface area contributed by atoms with Crippen LogP contribution in [0.1, 0.15) is 52.9 Å². The largest absolute Gasteiger partial charge is 0.444 e. The van der Waals surface area contributed by atoms with Crippen molar-refractivity contribution in [3.8, 4) is 6.07 Å². The smallest absolute Gasteiger partial charge is 0.410 e. The first kappa shape index (κ1) is 14.2. The summed E-state index contributed by atoms with van der Waals surface area (Å²) in [6.07, 6.45) is 4.99. The molecule has 0 aromatic rings. The van der Waals surface area contributed by atoms with Crippen LogP contribution in [-0.4, -0.2) is 29.7 Å². The summed E-state index contributed by atoms with van der Waals surface area (Å²) >= 11 is 0. The summed E-state index contributed by atoms with van der Waals surface area (Å²) in [6.45, 7) is 7.30. The first-order chi connectivity index (χ1) is 8.84. The fourth-order valence-corrected chi connectivity index (χ4v) is 3.18. The van der Waals surface area contributed by atoms with Gasteiger partial charge in [0.1, 0.15) is 5.60 Å². The molecule has 0 aromatic carbocycles. The lowest BCUT2D eigenvalue weighted by atomic mass is 9.70. The summed E-state index contributed by atoms with van der Waals surface area (Å²) in [5.41, 5.74) is -0.171. The number of hydrogen-bond acceptors (Lipinski definition) is 3. The summed E-state index contributed by atoms with van der Waals surface area (Å²) in [6, 6.07) is 2.37. The van der Waals surface area contributed by atoms with Crippen molar-refractivity contribution in [3.63, 3.8) is 0 Å². The molecule has 1 aliphatic heterocycles. The highest BCUT2D eigenvalue weighted by Crippen LogP contribution is 2.45. The number of carbonyl (C=O) groups excluding carboxylic acids is 1. The molecule has 106 valence electrons. The van der Waals surface area contributed by atoms with Crippen LogP contribution in [0.3, 0.4) is 0 Å². The Morgan fingerprint density at radius 1 is 1.32 bits per heavy atom. The zero-order valence-electron chi connectivity index (χ0n) is 12.2. The molecule has 1 amide bonds. The van der Waals surface area contributed by atoms with Gasteiger partial charge in [0, 0.05) is 19.0 Å². The van der Waals surface area contributed by atoms with Crippen LogP contribution in [0.15, 0.2) is 0 Å². The van der Waals surface area contributed by atoms with E-state index in [1.807, 2.05) is 25.7 Å². The molecule has 2 rings (SSSR count). The van der Waals surface area contributed by atoms with Gasteiger partial charge in [0.05, 0.1) is 6.07 Å². The van der Waals surface area contributed by atoms with E-state index in [-0.39, 0.29) is 17.4 Å². The van der Waals surface area contributed by atoms with Crippen LogP contribution < -0.4 is 0 Å². The fraction of sp³-hybridized carbons (Fsp3) is 0.867. The quantitative estimate of drug-likeness (QED) is 0.674. The molecule has 1 heterocycles. The molecule has 0 aromatic heterocycles. The maximum absolute atomic E-state index is 12.1. The first-order valence-electron chi connectivity index (χ1n) is 7.21. The van der Waals surface area contributed by atoms with E-state index in [0.29, 0.717) is 0 Å². The van der Waals surface area contributed by atoms with E-state index in [2.05, 4.69) is 6.07 Å². The second kappa shape index (κ2) is 5.03. The van der Waals surface area contributed by atoms with Crippen LogP contribution in [0.5, 0.6) is 0 Å². The van der Waals surface area contributed by atoms with Crippen LogP contribution in [-0.2, 0) is 4.74 Å². The second-order valence-electron chi connectivity index (χ2n) is 7.06. The van der Waals surface area contributed by atoms with Crippen molar-refractivity contribution in [2.24, 2.45) is 11.3 Å². The minimum Gasteiger partial charge on any atom is -0.444 e. The predicted molar refractivity (Wildman–Crippen MR) is 72.4 cm³/mol. The average Bonchev–Trinajstić information content (AvgIpc) is 2.73. The molecule has 4 nitrogen and oxygen atoms in total. The van der Waals surface area contributed by atoms with Crippen molar-refractivity contribution in [3.05, 3.63) is 0 Å². The van der Waals surface area contributed by atoms with Gasteiger partial charge in [-0.3, -0.25) is 0 Å². The van der Waals surface area contributed by atoms with Gasteiger partial charge in [-0.25, -0.2) is 4.79 Å². The van der Waals surface area contributed by atoms with E-state index in [4.69, 9.17) is 10.00 Å². The van der Waals surface area contributed by atoms with Crippen molar-refractivity contribution in [1.82, 2.24) is 4.90 Å². The van der Waals surface area contributed by atoms with Crippen molar-refractivity contribution in [1.29, 1.82) is 5.26 Å². The minimum absolute atomic E-state index is 0.188. The number of carbonyl (C=O) groups is 1. The molecule has 1 aliphatic carbocycles. The molecule has 4 heteroatoms. The molecular formula is C15H24N2O2. The van der Waals surface area contributed by atoms with Crippen LogP contribution in [0.25, 0.3) is 0 Å². The van der Waals surface area contributed by atoms with E-state index < -0.39 is 5.60 Å². The molecule has 1 spiro atoms. The molecule has 2 fully saturated rings. The number of amides is 1. The van der Waals surface area contributed by atoms with Crippen LogP contribution >= 0.6 is 0 Å². The van der Waals surface area contributed by atoms with Gasteiger partial charge in [0.25, 0.3) is 0 Å². The summed E-state index contributed by atoms with van der Waals surface area (Å²) < 4.78 is 5.43. The summed E-state index contributed by atoms with van der Waals surface area (Å²) in [5.74, 6) is 0.223. The number of nitrogens with zero attached hydrogens (tertiary/aromatic N) is 2. The lowest BCUT2D eigenvalue weighted by molar-refractivity contribution is 0.0259. The molecule has 0 N–H and O–H groups in total. The Kier molecular flexibility index (Phi) is 3.75. The normalized spacial score (nSPS) is 31.3. The number of likely N-dealkylation sites (tertiary alicyclic amines) is 1. The summed E-state index contributed by atoms with van der Waals surface area (Å²) in [4.78, 5) is 13.9. The highest BCUT2D eigenvalue weighted by atomic mass is 16.6. The number of nitriles is 1. The Bertz CT molecular complexity index is 384. The first-order valence-corrected chi connectivity index (χ1v) is 7.21. The maximum Gasteiger partial charge on any atom is 0.410 e. The average molecular weight is 264 g/mol. The lowest BCUT2D eigenvalue weighted by Gasteiger charge is -2.35. The monoisotopic (exact) mass is 264 g/mol. The van der Waals surface area contributed by atoms with Crippen LogP contribution in [0.4, 0.5) is 4.79 Å². The summed E-state index contributed by atoms with van der Waals surface area (Å²) in [5, 5.41) is 8.96. The maximum atomic E-state index is 12.1. The van der Waals surface area contributed by atoms with E-state index in [1.165, 1.54) is 0 Å². The standard InChI is InChI=1S/C15H24N2O2/c1-14(2,3)19-13(18)17-9-8-15(11-17)6-4-12(10-16)5-7-15/h12H,4-9,11H2,1-3H3. The highest BCUT2D eigenvalue weighted by Gasteiger charge is 2.43. The van der Waals surface area contributed by atoms with Gasteiger partial charge in [-0.15, -0.1) is 0 Å². The third-order valence-electron chi connectivity index (χ3n) is 4.32. The van der Waals surface area contributed by atoms with E-state index in [9.17, 15) is 4.79 Å².